The van der Waals surface area contributed by atoms with Gasteiger partial charge in [-0.1, -0.05) is 19.3 Å². The van der Waals surface area contributed by atoms with Gasteiger partial charge in [0.15, 0.2) is 11.6 Å². The summed E-state index contributed by atoms with van der Waals surface area (Å²) < 4.78 is 20.3. The molecule has 3 aliphatic rings. The minimum absolute atomic E-state index is 0.222. The van der Waals surface area contributed by atoms with Crippen LogP contribution in [0.2, 0.25) is 0 Å². The molecule has 2 atom stereocenters. The van der Waals surface area contributed by atoms with Crippen molar-refractivity contribution < 1.29 is 13.6 Å². The van der Waals surface area contributed by atoms with E-state index in [1.807, 2.05) is 6.20 Å². The number of hydrogen-bond acceptors (Lipinski definition) is 5. The van der Waals surface area contributed by atoms with Gasteiger partial charge < -0.3 is 19.9 Å². The van der Waals surface area contributed by atoms with Crippen LogP contribution in [0, 0.1) is 11.7 Å². The highest BCUT2D eigenvalue weighted by Crippen LogP contribution is 2.25. The van der Waals surface area contributed by atoms with Crippen molar-refractivity contribution in [3.05, 3.63) is 36.0 Å². The van der Waals surface area contributed by atoms with E-state index < -0.39 is 5.82 Å². The van der Waals surface area contributed by atoms with Crippen molar-refractivity contribution in [2.24, 2.45) is 10.9 Å². The molecular formula is C25H41FN7O+. The summed E-state index contributed by atoms with van der Waals surface area (Å²) in [7, 11) is 3.80. The van der Waals surface area contributed by atoms with E-state index in [9.17, 15) is 4.39 Å². The fourth-order valence-electron chi connectivity index (χ4n) is 5.29. The highest BCUT2D eigenvalue weighted by atomic mass is 19.1. The third kappa shape index (κ3) is 6.05. The molecule has 1 saturated carbocycles. The van der Waals surface area contributed by atoms with Crippen LogP contribution in [-0.4, -0.2) is 61.9 Å². The molecule has 2 fully saturated rings. The molecule has 1 aliphatic carbocycles. The molecule has 2 aliphatic heterocycles. The van der Waals surface area contributed by atoms with Crippen molar-refractivity contribution in [3.8, 4) is 5.75 Å². The van der Waals surface area contributed by atoms with Crippen molar-refractivity contribution in [2.45, 2.75) is 57.9 Å². The number of likely N-dealkylation sites (N-methyl/N-ethyl adjacent to an activating group) is 1. The number of guanidine groups is 1. The molecule has 0 radical (unpaired) electrons. The standard InChI is InChI=1S/C25H41FN7O/c1-4-33(2)14-8-11-21(33)17-28-25-29-24(27-16-19-9-6-5-7-10-19)18-32(31-25)30-20-12-13-23(34-3)22(26)15-20/h12-13,15,18-19,21,27,30H,4-11,14,16-17H2,1-3H3,(H2,28,29,31)/q+1. The van der Waals surface area contributed by atoms with Crippen molar-refractivity contribution in [3.63, 3.8) is 0 Å². The van der Waals surface area contributed by atoms with Gasteiger partial charge >= 0.3 is 0 Å². The molecule has 0 spiro atoms. The van der Waals surface area contributed by atoms with Crippen molar-refractivity contribution in [1.82, 2.24) is 21.2 Å². The minimum atomic E-state index is -0.408. The van der Waals surface area contributed by atoms with Crippen molar-refractivity contribution in [1.29, 1.82) is 0 Å². The summed E-state index contributed by atoms with van der Waals surface area (Å²) in [6.07, 6.45) is 10.9. The number of nitrogens with one attached hydrogen (secondary N) is 4. The van der Waals surface area contributed by atoms with Crippen LogP contribution in [0.3, 0.4) is 0 Å². The van der Waals surface area contributed by atoms with Crippen LogP contribution in [0.4, 0.5) is 10.1 Å². The van der Waals surface area contributed by atoms with Gasteiger partial charge in [-0.05, 0) is 37.8 Å². The summed E-state index contributed by atoms with van der Waals surface area (Å²) in [5.41, 5.74) is 7.10. The Morgan fingerprint density at radius 1 is 1.21 bits per heavy atom. The fraction of sp³-hybridized carbons (Fsp3) is 0.640. The lowest BCUT2D eigenvalue weighted by molar-refractivity contribution is -0.917. The Hall–Kier alpha value is -2.68. The fourth-order valence-corrected chi connectivity index (χ4v) is 5.29. The lowest BCUT2D eigenvalue weighted by Gasteiger charge is -2.35. The number of rotatable bonds is 9. The molecule has 0 bridgehead atoms. The lowest BCUT2D eigenvalue weighted by Crippen LogP contribution is -2.55. The van der Waals surface area contributed by atoms with Crippen molar-refractivity contribution in [2.75, 3.05) is 45.8 Å². The second-order valence-electron chi connectivity index (χ2n) is 10.0. The number of hydrazine groups is 2. The summed E-state index contributed by atoms with van der Waals surface area (Å²) in [6.45, 7) is 6.31. The predicted molar refractivity (Wildman–Crippen MR) is 134 cm³/mol. The smallest absolute Gasteiger partial charge is 0.217 e. The van der Waals surface area contributed by atoms with Crippen molar-refractivity contribution >= 4 is 11.6 Å². The van der Waals surface area contributed by atoms with E-state index in [1.165, 1.54) is 64.7 Å². The van der Waals surface area contributed by atoms with E-state index in [4.69, 9.17) is 9.73 Å². The predicted octanol–water partition coefficient (Wildman–Crippen LogP) is 3.52. The normalized spacial score (nSPS) is 26.6. The molecule has 188 valence electrons. The number of benzene rings is 1. The van der Waals surface area contributed by atoms with Gasteiger partial charge in [-0.2, -0.15) is 5.12 Å². The highest BCUT2D eigenvalue weighted by molar-refractivity contribution is 5.82. The van der Waals surface area contributed by atoms with E-state index in [0.29, 0.717) is 23.6 Å². The molecule has 0 amide bonds. The van der Waals surface area contributed by atoms with Crippen LogP contribution < -0.4 is 26.2 Å². The molecule has 9 heteroatoms. The third-order valence-electron chi connectivity index (χ3n) is 7.72. The van der Waals surface area contributed by atoms with Gasteiger partial charge in [-0.15, -0.1) is 0 Å². The Morgan fingerprint density at radius 2 is 2.03 bits per heavy atom. The number of quaternary nitrogens is 1. The molecular weight excluding hydrogens is 433 g/mol. The zero-order valence-corrected chi connectivity index (χ0v) is 20.9. The van der Waals surface area contributed by atoms with E-state index in [0.717, 1.165) is 29.9 Å². The second kappa shape index (κ2) is 11.2. The van der Waals surface area contributed by atoms with Crippen LogP contribution >= 0.6 is 0 Å². The van der Waals surface area contributed by atoms with Gasteiger partial charge in [0.2, 0.25) is 5.96 Å². The molecule has 4 rings (SSSR count). The summed E-state index contributed by atoms with van der Waals surface area (Å²) in [5, 5.41) is 8.71. The maximum atomic E-state index is 14.2. The van der Waals surface area contributed by atoms with Gasteiger partial charge in [0, 0.05) is 25.5 Å². The van der Waals surface area contributed by atoms with Crippen LogP contribution in [0.15, 0.2) is 35.2 Å². The van der Waals surface area contributed by atoms with E-state index in [-0.39, 0.29) is 5.75 Å². The molecule has 2 heterocycles. The molecule has 8 nitrogen and oxygen atoms in total. The van der Waals surface area contributed by atoms with Crippen LogP contribution in [0.1, 0.15) is 51.9 Å². The Balaban J connectivity index is 1.45. The monoisotopic (exact) mass is 474 g/mol. The first kappa shape index (κ1) is 24.4. The maximum Gasteiger partial charge on any atom is 0.217 e. The molecule has 1 aromatic carbocycles. The number of aliphatic imine (C=N–C) groups is 1. The minimum Gasteiger partial charge on any atom is -0.494 e. The van der Waals surface area contributed by atoms with E-state index >= 15 is 0 Å². The lowest BCUT2D eigenvalue weighted by atomic mass is 9.89. The number of ether oxygens (including phenoxy) is 1. The summed E-state index contributed by atoms with van der Waals surface area (Å²) >= 11 is 0. The van der Waals surface area contributed by atoms with E-state index in [1.54, 1.807) is 17.3 Å². The molecule has 4 N–H and O–H groups in total. The van der Waals surface area contributed by atoms with Gasteiger partial charge in [0.05, 0.1) is 45.7 Å². The number of likely N-dealkylation sites (tertiary alicyclic amines) is 1. The third-order valence-corrected chi connectivity index (χ3v) is 7.72. The van der Waals surface area contributed by atoms with Crippen LogP contribution in [-0.2, 0) is 0 Å². The summed E-state index contributed by atoms with van der Waals surface area (Å²) in [6, 6.07) is 5.35. The number of methoxy groups -OCH3 is 1. The first-order valence-corrected chi connectivity index (χ1v) is 12.8. The Morgan fingerprint density at radius 3 is 2.76 bits per heavy atom. The molecule has 34 heavy (non-hydrogen) atoms. The highest BCUT2D eigenvalue weighted by Gasteiger charge is 2.36. The maximum absolute atomic E-state index is 14.2. The number of nitrogens with zero attached hydrogens (tertiary/aromatic N) is 3. The first-order chi connectivity index (χ1) is 16.5. The zero-order chi connectivity index (χ0) is 24.0. The SMILES string of the molecule is CC[N+]1(C)CCCC1CN=C1NC(NCC2CCCCC2)=CN(Nc2ccc(OC)c(F)c2)N1. The molecule has 2 unspecified atom stereocenters. The summed E-state index contributed by atoms with van der Waals surface area (Å²) in [4.78, 5) is 4.91. The number of anilines is 1. The topological polar surface area (TPSA) is 73.0 Å². The average molecular weight is 475 g/mol. The second-order valence-corrected chi connectivity index (χ2v) is 10.0. The van der Waals surface area contributed by atoms with Crippen LogP contribution in [0.5, 0.6) is 5.75 Å². The van der Waals surface area contributed by atoms with Gasteiger partial charge in [-0.3, -0.25) is 5.43 Å². The Labute approximate surface area is 203 Å². The van der Waals surface area contributed by atoms with Gasteiger partial charge in [-0.25, -0.2) is 14.8 Å². The Bertz CT molecular complexity index is 886. The molecule has 0 aromatic heterocycles. The average Bonchev–Trinajstić information content (AvgIpc) is 3.23. The van der Waals surface area contributed by atoms with Gasteiger partial charge in [0.25, 0.3) is 0 Å². The summed E-state index contributed by atoms with van der Waals surface area (Å²) in [5.74, 6) is 2.08. The number of hydrogen-bond donors (Lipinski definition) is 4. The number of halogens is 1. The zero-order valence-electron chi connectivity index (χ0n) is 20.9. The Kier molecular flexibility index (Phi) is 8.03. The largest absolute Gasteiger partial charge is 0.494 e. The van der Waals surface area contributed by atoms with Gasteiger partial charge in [0.1, 0.15) is 11.9 Å². The molecule has 1 saturated heterocycles. The van der Waals surface area contributed by atoms with E-state index in [2.05, 4.69) is 35.5 Å². The first-order valence-electron chi connectivity index (χ1n) is 12.8. The quantitative estimate of drug-likeness (QED) is 0.411. The molecule has 1 aromatic rings. The van der Waals surface area contributed by atoms with Crippen LogP contribution in [0.25, 0.3) is 0 Å².